The lowest BCUT2D eigenvalue weighted by molar-refractivity contribution is -0.118. The van der Waals surface area contributed by atoms with Crippen LogP contribution in [-0.2, 0) is 4.79 Å². The van der Waals surface area contributed by atoms with Gasteiger partial charge < -0.3 is 21.3 Å². The first-order chi connectivity index (χ1) is 15.5. The zero-order chi connectivity index (χ0) is 22.9. The summed E-state index contributed by atoms with van der Waals surface area (Å²) < 4.78 is 13.1. The van der Waals surface area contributed by atoms with E-state index in [-0.39, 0.29) is 30.0 Å². The lowest BCUT2D eigenvalue weighted by Crippen LogP contribution is -2.34. The lowest BCUT2D eigenvalue weighted by atomic mass is 10.1. The number of benzene rings is 2. The molecule has 0 aliphatic heterocycles. The molecule has 3 rings (SSSR count). The van der Waals surface area contributed by atoms with Crippen LogP contribution in [0.3, 0.4) is 0 Å². The molecule has 2 aromatic carbocycles. The molecular formula is C24H25FN6O. The number of amides is 1. The molecule has 32 heavy (non-hydrogen) atoms. The highest BCUT2D eigenvalue weighted by Gasteiger charge is 2.16. The highest BCUT2D eigenvalue weighted by molar-refractivity contribution is 5.94. The Kier molecular flexibility index (Phi) is 7.66. The van der Waals surface area contributed by atoms with Gasteiger partial charge in [0.2, 0.25) is 0 Å². The molecule has 164 valence electrons. The second-order valence-electron chi connectivity index (χ2n) is 6.99. The summed E-state index contributed by atoms with van der Waals surface area (Å²) in [6.45, 7) is 3.77. The molecule has 4 N–H and O–H groups in total. The van der Waals surface area contributed by atoms with Crippen LogP contribution in [0.2, 0.25) is 0 Å². The van der Waals surface area contributed by atoms with E-state index in [9.17, 15) is 9.18 Å². The molecule has 1 atom stereocenters. The molecule has 8 heteroatoms. The third-order valence-electron chi connectivity index (χ3n) is 4.73. The fraction of sp³-hybridized carbons (Fsp3) is 0.125. The molecule has 0 aliphatic rings. The zero-order valence-electron chi connectivity index (χ0n) is 17.7. The number of anilines is 3. The van der Waals surface area contributed by atoms with Gasteiger partial charge in [0, 0.05) is 43.4 Å². The fourth-order valence-corrected chi connectivity index (χ4v) is 3.01. The highest BCUT2D eigenvalue weighted by atomic mass is 19.1. The van der Waals surface area contributed by atoms with Crippen LogP contribution >= 0.6 is 0 Å². The molecule has 1 unspecified atom stereocenters. The lowest BCUT2D eigenvalue weighted by Gasteiger charge is -2.19. The number of carbonyl (C=O) groups excluding carboxylic acids is 1. The fourth-order valence-electron chi connectivity index (χ4n) is 3.01. The number of hydrogen-bond acceptors (Lipinski definition) is 6. The maximum Gasteiger partial charge on any atom is 0.271 e. The molecule has 0 aliphatic carbocycles. The monoisotopic (exact) mass is 432 g/mol. The number of hydrogen-bond donors (Lipinski definition) is 3. The Morgan fingerprint density at radius 1 is 1.22 bits per heavy atom. The largest absolute Gasteiger partial charge is 0.349 e. The van der Waals surface area contributed by atoms with Gasteiger partial charge in [0.05, 0.1) is 6.04 Å². The van der Waals surface area contributed by atoms with Crippen molar-refractivity contribution in [3.8, 4) is 0 Å². The third-order valence-corrected chi connectivity index (χ3v) is 4.73. The minimum atomic E-state index is -0.384. The average molecular weight is 433 g/mol. The summed E-state index contributed by atoms with van der Waals surface area (Å²) >= 11 is 0. The quantitative estimate of drug-likeness (QED) is 0.353. The summed E-state index contributed by atoms with van der Waals surface area (Å²) in [5, 5.41) is 6.01. The molecule has 0 saturated carbocycles. The van der Waals surface area contributed by atoms with E-state index >= 15 is 0 Å². The Balaban J connectivity index is 1.73. The highest BCUT2D eigenvalue weighted by Crippen LogP contribution is 2.21. The first-order valence-electron chi connectivity index (χ1n) is 9.96. The minimum Gasteiger partial charge on any atom is -0.349 e. The first-order valence-corrected chi connectivity index (χ1v) is 9.96. The van der Waals surface area contributed by atoms with Crippen LogP contribution in [-0.4, -0.2) is 31.2 Å². The number of halogens is 1. The molecule has 1 amide bonds. The van der Waals surface area contributed by atoms with Gasteiger partial charge in [0.1, 0.15) is 17.3 Å². The first kappa shape index (κ1) is 22.6. The van der Waals surface area contributed by atoms with Crippen molar-refractivity contribution in [2.75, 3.05) is 23.8 Å². The standard InChI is InChI=1S/C24H25FN6O/c1-27-22(24(32)30-21(15-26)17-6-4-3-5-7-17)16-31(2)20-12-13-28-23(14-20)29-19-10-8-18(25)9-11-19/h3-14,16,21H,1,15,26H2,2H3,(H,28,29)(H,30,32)/b22-16-. The summed E-state index contributed by atoms with van der Waals surface area (Å²) in [6, 6.07) is 18.7. The van der Waals surface area contributed by atoms with Crippen LogP contribution in [0.1, 0.15) is 11.6 Å². The Labute approximate surface area is 186 Å². The zero-order valence-corrected chi connectivity index (χ0v) is 17.7. The van der Waals surface area contributed by atoms with Crippen LogP contribution in [0.25, 0.3) is 0 Å². The number of nitrogens with zero attached hydrogens (tertiary/aromatic N) is 3. The molecule has 0 bridgehead atoms. The predicted molar refractivity (Wildman–Crippen MR) is 126 cm³/mol. The number of pyridine rings is 1. The van der Waals surface area contributed by atoms with E-state index < -0.39 is 0 Å². The molecule has 1 aromatic heterocycles. The normalized spacial score (nSPS) is 12.0. The van der Waals surface area contributed by atoms with Crippen molar-refractivity contribution in [3.63, 3.8) is 0 Å². The Morgan fingerprint density at radius 3 is 2.59 bits per heavy atom. The van der Waals surface area contributed by atoms with E-state index in [4.69, 9.17) is 5.73 Å². The Morgan fingerprint density at radius 2 is 1.94 bits per heavy atom. The van der Waals surface area contributed by atoms with Gasteiger partial charge in [0.15, 0.2) is 0 Å². The van der Waals surface area contributed by atoms with E-state index in [0.29, 0.717) is 11.5 Å². The number of rotatable bonds is 9. The van der Waals surface area contributed by atoms with Gasteiger partial charge in [-0.1, -0.05) is 30.3 Å². The van der Waals surface area contributed by atoms with E-state index in [2.05, 4.69) is 27.3 Å². The smallest absolute Gasteiger partial charge is 0.271 e. The number of carbonyl (C=O) groups is 1. The molecule has 0 spiro atoms. The molecular weight excluding hydrogens is 407 g/mol. The van der Waals surface area contributed by atoms with Crippen LogP contribution < -0.4 is 21.3 Å². The Hall–Kier alpha value is -4.04. The van der Waals surface area contributed by atoms with E-state index in [1.54, 1.807) is 48.6 Å². The summed E-state index contributed by atoms with van der Waals surface area (Å²) in [4.78, 5) is 22.7. The van der Waals surface area contributed by atoms with Crippen molar-refractivity contribution in [1.29, 1.82) is 0 Å². The molecule has 3 aromatic rings. The van der Waals surface area contributed by atoms with Crippen molar-refractivity contribution in [1.82, 2.24) is 10.3 Å². The van der Waals surface area contributed by atoms with Crippen LogP contribution in [0, 0.1) is 5.82 Å². The maximum atomic E-state index is 13.1. The number of nitrogens with two attached hydrogens (primary N) is 1. The molecule has 0 radical (unpaired) electrons. The van der Waals surface area contributed by atoms with Crippen molar-refractivity contribution < 1.29 is 9.18 Å². The topological polar surface area (TPSA) is 95.6 Å². The van der Waals surface area contributed by atoms with Crippen molar-refractivity contribution in [2.45, 2.75) is 6.04 Å². The maximum absolute atomic E-state index is 13.1. The molecule has 0 saturated heterocycles. The van der Waals surface area contributed by atoms with Gasteiger partial charge >= 0.3 is 0 Å². The summed E-state index contributed by atoms with van der Waals surface area (Å²) in [6.07, 6.45) is 3.21. The van der Waals surface area contributed by atoms with Gasteiger partial charge in [-0.15, -0.1) is 0 Å². The molecule has 0 fully saturated rings. The number of nitrogens with one attached hydrogen (secondary N) is 2. The summed E-state index contributed by atoms with van der Waals surface area (Å²) in [7, 11) is 1.78. The van der Waals surface area contributed by atoms with Crippen LogP contribution in [0.4, 0.5) is 21.6 Å². The molecule has 1 heterocycles. The van der Waals surface area contributed by atoms with Crippen LogP contribution in [0.5, 0.6) is 0 Å². The third kappa shape index (κ3) is 5.99. The average Bonchev–Trinajstić information content (AvgIpc) is 2.83. The van der Waals surface area contributed by atoms with Crippen molar-refractivity contribution >= 4 is 29.8 Å². The van der Waals surface area contributed by atoms with Crippen molar-refractivity contribution in [3.05, 3.63) is 96.2 Å². The minimum absolute atomic E-state index is 0.145. The van der Waals surface area contributed by atoms with Gasteiger partial charge in [-0.2, -0.15) is 0 Å². The van der Waals surface area contributed by atoms with E-state index in [0.717, 1.165) is 11.3 Å². The summed E-state index contributed by atoms with van der Waals surface area (Å²) in [5.41, 5.74) is 8.37. The number of aliphatic imine (C=N–C) groups is 1. The second-order valence-corrected chi connectivity index (χ2v) is 6.99. The SMILES string of the molecule is C=N/C(=C\N(C)c1ccnc(Nc2ccc(F)cc2)c1)C(=O)NC(CN)c1ccccc1. The van der Waals surface area contributed by atoms with Gasteiger partial charge in [0.25, 0.3) is 5.91 Å². The molecule has 7 nitrogen and oxygen atoms in total. The van der Waals surface area contributed by atoms with Gasteiger partial charge in [-0.05, 0) is 42.6 Å². The van der Waals surface area contributed by atoms with E-state index in [1.165, 1.54) is 12.1 Å². The van der Waals surface area contributed by atoms with E-state index in [1.807, 2.05) is 30.3 Å². The van der Waals surface area contributed by atoms with Gasteiger partial charge in [-0.25, -0.2) is 9.37 Å². The Bertz CT molecular complexity index is 1090. The predicted octanol–water partition coefficient (Wildman–Crippen LogP) is 3.76. The van der Waals surface area contributed by atoms with Crippen LogP contribution in [0.15, 0.2) is 89.8 Å². The summed E-state index contributed by atoms with van der Waals surface area (Å²) in [5.74, 6) is -0.127. The van der Waals surface area contributed by atoms with Crippen molar-refractivity contribution in [2.24, 2.45) is 10.7 Å². The van der Waals surface area contributed by atoms with Gasteiger partial charge in [-0.3, -0.25) is 9.79 Å². The number of aromatic nitrogens is 1. The second kappa shape index (κ2) is 10.8.